The van der Waals surface area contributed by atoms with Crippen LogP contribution in [0.2, 0.25) is 0 Å². The van der Waals surface area contributed by atoms with E-state index in [2.05, 4.69) is 32.8 Å². The van der Waals surface area contributed by atoms with Gasteiger partial charge in [0.1, 0.15) is 6.20 Å². The normalized spacial score (nSPS) is 9.00. The Kier molecular flexibility index (Phi) is 3.86. The SMILES string of the molecule is O=[N+]([O-])c1cnc(C#CCCBr)s1. The van der Waals surface area contributed by atoms with Crippen LogP contribution in [0.3, 0.4) is 0 Å². The quantitative estimate of drug-likeness (QED) is 0.355. The van der Waals surface area contributed by atoms with Gasteiger partial charge in [0, 0.05) is 11.8 Å². The van der Waals surface area contributed by atoms with Crippen LogP contribution in [0.1, 0.15) is 11.4 Å². The molecule has 1 heterocycles. The fraction of sp³-hybridized carbons (Fsp3) is 0.286. The number of hydrogen-bond donors (Lipinski definition) is 0. The first-order chi connectivity index (χ1) is 6.24. The van der Waals surface area contributed by atoms with Gasteiger partial charge in [-0.15, -0.1) is 0 Å². The second kappa shape index (κ2) is 4.94. The van der Waals surface area contributed by atoms with Gasteiger partial charge in [-0.05, 0) is 17.3 Å². The van der Waals surface area contributed by atoms with Crippen molar-refractivity contribution in [2.45, 2.75) is 6.42 Å². The summed E-state index contributed by atoms with van der Waals surface area (Å²) >= 11 is 4.22. The molecule has 0 aliphatic rings. The molecule has 68 valence electrons. The van der Waals surface area contributed by atoms with Crippen molar-refractivity contribution in [3.63, 3.8) is 0 Å². The van der Waals surface area contributed by atoms with Crippen molar-refractivity contribution in [2.24, 2.45) is 0 Å². The molecule has 0 bridgehead atoms. The third-order valence-corrected chi connectivity index (χ3v) is 2.35. The van der Waals surface area contributed by atoms with Crippen LogP contribution in [0.5, 0.6) is 0 Å². The summed E-state index contributed by atoms with van der Waals surface area (Å²) in [6.45, 7) is 0. The third-order valence-electron chi connectivity index (χ3n) is 1.09. The lowest BCUT2D eigenvalue weighted by Gasteiger charge is -1.77. The van der Waals surface area contributed by atoms with Crippen LogP contribution in [0.15, 0.2) is 6.20 Å². The molecule has 1 aromatic heterocycles. The van der Waals surface area contributed by atoms with Gasteiger partial charge >= 0.3 is 5.00 Å². The first-order valence-corrected chi connectivity index (χ1v) is 5.33. The first-order valence-electron chi connectivity index (χ1n) is 3.39. The zero-order valence-corrected chi connectivity index (χ0v) is 8.89. The fourth-order valence-corrected chi connectivity index (χ4v) is 1.40. The first kappa shape index (κ1) is 10.2. The van der Waals surface area contributed by atoms with Gasteiger partial charge in [0.2, 0.25) is 0 Å². The van der Waals surface area contributed by atoms with E-state index in [1.54, 1.807) is 0 Å². The molecule has 0 N–H and O–H groups in total. The number of halogens is 1. The molecule has 0 spiro atoms. The Labute approximate surface area is 87.3 Å². The maximum Gasteiger partial charge on any atom is 0.344 e. The average Bonchev–Trinajstić information content (AvgIpc) is 2.53. The summed E-state index contributed by atoms with van der Waals surface area (Å²) in [5.74, 6) is 5.58. The maximum atomic E-state index is 10.3. The molecule has 0 saturated heterocycles. The van der Waals surface area contributed by atoms with Crippen LogP contribution in [0.25, 0.3) is 0 Å². The summed E-state index contributed by atoms with van der Waals surface area (Å²) in [4.78, 5) is 13.6. The Morgan fingerprint density at radius 3 is 3.08 bits per heavy atom. The molecular weight excluding hydrogens is 256 g/mol. The lowest BCUT2D eigenvalue weighted by atomic mass is 10.5. The predicted octanol–water partition coefficient (Wildman–Crippen LogP) is 2.19. The molecule has 0 radical (unpaired) electrons. The van der Waals surface area contributed by atoms with Crippen molar-refractivity contribution in [2.75, 3.05) is 5.33 Å². The van der Waals surface area contributed by atoms with Crippen molar-refractivity contribution in [3.8, 4) is 11.8 Å². The fourth-order valence-electron chi connectivity index (χ4n) is 0.593. The van der Waals surface area contributed by atoms with Gasteiger partial charge < -0.3 is 0 Å². The number of thiazole rings is 1. The van der Waals surface area contributed by atoms with Crippen LogP contribution in [0.4, 0.5) is 5.00 Å². The Morgan fingerprint density at radius 1 is 1.77 bits per heavy atom. The van der Waals surface area contributed by atoms with E-state index in [0.29, 0.717) is 11.4 Å². The number of hydrogen-bond acceptors (Lipinski definition) is 4. The van der Waals surface area contributed by atoms with Gasteiger partial charge in [0.25, 0.3) is 0 Å². The highest BCUT2D eigenvalue weighted by atomic mass is 79.9. The van der Waals surface area contributed by atoms with Gasteiger partial charge in [-0.3, -0.25) is 10.1 Å². The zero-order valence-electron chi connectivity index (χ0n) is 6.49. The number of nitro groups is 1. The minimum Gasteiger partial charge on any atom is -0.257 e. The van der Waals surface area contributed by atoms with Crippen LogP contribution < -0.4 is 0 Å². The molecule has 4 nitrogen and oxygen atoms in total. The number of aromatic nitrogens is 1. The number of alkyl halides is 1. The molecule has 0 unspecified atom stereocenters. The minimum absolute atomic E-state index is 0.0307. The molecule has 0 aliphatic heterocycles. The Balaban J connectivity index is 2.71. The number of nitrogens with zero attached hydrogens (tertiary/aromatic N) is 2. The van der Waals surface area contributed by atoms with Crippen molar-refractivity contribution < 1.29 is 4.92 Å². The van der Waals surface area contributed by atoms with E-state index in [1.807, 2.05) is 0 Å². The highest BCUT2D eigenvalue weighted by Crippen LogP contribution is 2.19. The van der Waals surface area contributed by atoms with Crippen LogP contribution in [-0.2, 0) is 0 Å². The van der Waals surface area contributed by atoms with Crippen molar-refractivity contribution in [3.05, 3.63) is 21.3 Å². The molecule has 0 aliphatic carbocycles. The van der Waals surface area contributed by atoms with Gasteiger partial charge in [0.05, 0.1) is 4.92 Å². The van der Waals surface area contributed by atoms with Crippen LogP contribution >= 0.6 is 27.3 Å². The van der Waals surface area contributed by atoms with Gasteiger partial charge in [0.15, 0.2) is 5.01 Å². The molecule has 1 rings (SSSR count). The smallest absolute Gasteiger partial charge is 0.257 e. The standard InChI is InChI=1S/C7H5BrN2O2S/c8-4-2-1-3-6-9-5-7(13-6)10(11)12/h5H,2,4H2. The minimum atomic E-state index is -0.465. The highest BCUT2D eigenvalue weighted by Gasteiger charge is 2.09. The lowest BCUT2D eigenvalue weighted by Crippen LogP contribution is -1.80. The Bertz CT molecular complexity index is 366. The molecule has 0 atom stereocenters. The summed E-state index contributed by atoms with van der Waals surface area (Å²) in [7, 11) is 0. The summed E-state index contributed by atoms with van der Waals surface area (Å²) < 4.78 is 0. The second-order valence-corrected chi connectivity index (χ2v) is 3.80. The number of rotatable bonds is 2. The van der Waals surface area contributed by atoms with E-state index in [1.165, 1.54) is 6.20 Å². The zero-order chi connectivity index (χ0) is 9.68. The largest absolute Gasteiger partial charge is 0.344 e. The van der Waals surface area contributed by atoms with Crippen molar-refractivity contribution >= 4 is 32.3 Å². The molecule has 1 aromatic rings. The molecular formula is C7H5BrN2O2S. The maximum absolute atomic E-state index is 10.3. The van der Waals surface area contributed by atoms with Gasteiger partial charge in [-0.25, -0.2) is 4.98 Å². The summed E-state index contributed by atoms with van der Waals surface area (Å²) in [5, 5.41) is 11.6. The summed E-state index contributed by atoms with van der Waals surface area (Å²) in [6, 6.07) is 0. The molecule has 0 amide bonds. The van der Waals surface area contributed by atoms with Crippen molar-refractivity contribution in [1.29, 1.82) is 0 Å². The van der Waals surface area contributed by atoms with E-state index in [0.717, 1.165) is 16.7 Å². The van der Waals surface area contributed by atoms with E-state index in [4.69, 9.17) is 0 Å². The van der Waals surface area contributed by atoms with E-state index < -0.39 is 4.92 Å². The third kappa shape index (κ3) is 3.13. The Morgan fingerprint density at radius 2 is 2.54 bits per heavy atom. The van der Waals surface area contributed by atoms with Crippen LogP contribution in [-0.4, -0.2) is 15.2 Å². The summed E-state index contributed by atoms with van der Waals surface area (Å²) in [5.41, 5.74) is 0. The second-order valence-electron chi connectivity index (χ2n) is 2.00. The molecule has 0 saturated carbocycles. The van der Waals surface area contributed by atoms with E-state index in [9.17, 15) is 10.1 Å². The Hall–Kier alpha value is -0.930. The van der Waals surface area contributed by atoms with E-state index >= 15 is 0 Å². The van der Waals surface area contributed by atoms with E-state index in [-0.39, 0.29) is 5.00 Å². The predicted molar refractivity (Wildman–Crippen MR) is 54.1 cm³/mol. The lowest BCUT2D eigenvalue weighted by molar-refractivity contribution is -0.380. The molecule has 0 aromatic carbocycles. The monoisotopic (exact) mass is 260 g/mol. The van der Waals surface area contributed by atoms with Crippen LogP contribution in [0, 0.1) is 22.0 Å². The highest BCUT2D eigenvalue weighted by molar-refractivity contribution is 9.09. The topological polar surface area (TPSA) is 56.0 Å². The molecule has 0 fully saturated rings. The average molecular weight is 261 g/mol. The van der Waals surface area contributed by atoms with Crippen molar-refractivity contribution in [1.82, 2.24) is 4.98 Å². The summed E-state index contributed by atoms with van der Waals surface area (Å²) in [6.07, 6.45) is 1.94. The van der Waals surface area contributed by atoms with Gasteiger partial charge in [-0.1, -0.05) is 21.9 Å². The van der Waals surface area contributed by atoms with Gasteiger partial charge in [-0.2, -0.15) is 0 Å². The molecule has 6 heteroatoms. The molecule has 13 heavy (non-hydrogen) atoms.